The molecule has 1 saturated heterocycles. The lowest BCUT2D eigenvalue weighted by Gasteiger charge is -2.33. The maximum Gasteiger partial charge on any atom is 0.254 e. The Hall–Kier alpha value is -1.90. The maximum absolute atomic E-state index is 12.6. The summed E-state index contributed by atoms with van der Waals surface area (Å²) in [7, 11) is 0. The normalized spacial score (nSPS) is 19.6. The Labute approximate surface area is 113 Å². The highest BCUT2D eigenvalue weighted by atomic mass is 16.2. The molecule has 1 atom stereocenters. The molecule has 3 heteroatoms. The van der Waals surface area contributed by atoms with Gasteiger partial charge in [-0.2, -0.15) is 0 Å². The van der Waals surface area contributed by atoms with Crippen LogP contribution in [0.3, 0.4) is 0 Å². The van der Waals surface area contributed by atoms with Crippen LogP contribution in [0, 0.1) is 0 Å². The summed E-state index contributed by atoms with van der Waals surface area (Å²) in [4.78, 5) is 18.7. The van der Waals surface area contributed by atoms with Gasteiger partial charge in [0.05, 0.1) is 0 Å². The Balaban J connectivity index is 1.92. The molecule has 2 heterocycles. The lowest BCUT2D eigenvalue weighted by Crippen LogP contribution is -2.42. The molecule has 0 spiro atoms. The monoisotopic (exact) mass is 254 g/mol. The molecule has 19 heavy (non-hydrogen) atoms. The highest BCUT2D eigenvalue weighted by molar-refractivity contribution is 5.98. The lowest BCUT2D eigenvalue weighted by molar-refractivity contribution is 0.0636. The van der Waals surface area contributed by atoms with Crippen LogP contribution >= 0.6 is 0 Å². The van der Waals surface area contributed by atoms with Crippen LogP contribution in [0.2, 0.25) is 0 Å². The van der Waals surface area contributed by atoms with Crippen molar-refractivity contribution in [1.29, 1.82) is 0 Å². The average molecular weight is 254 g/mol. The predicted molar refractivity (Wildman–Crippen MR) is 76.1 cm³/mol. The number of piperidine rings is 1. The largest absolute Gasteiger partial charge is 0.336 e. The zero-order chi connectivity index (χ0) is 13.2. The van der Waals surface area contributed by atoms with Crippen LogP contribution in [0.1, 0.15) is 36.5 Å². The number of carbonyl (C=O) groups is 1. The Bertz CT molecular complexity index is 608. The zero-order valence-corrected chi connectivity index (χ0v) is 11.2. The smallest absolute Gasteiger partial charge is 0.254 e. The molecule has 98 valence electrons. The summed E-state index contributed by atoms with van der Waals surface area (Å²) >= 11 is 0. The molecule has 1 unspecified atom stereocenters. The zero-order valence-electron chi connectivity index (χ0n) is 11.2. The number of rotatable bonds is 1. The summed E-state index contributed by atoms with van der Waals surface area (Å²) in [6, 6.07) is 8.17. The molecule has 0 radical (unpaired) electrons. The van der Waals surface area contributed by atoms with Crippen LogP contribution in [0.4, 0.5) is 0 Å². The van der Waals surface area contributed by atoms with Crippen molar-refractivity contribution in [3.63, 3.8) is 0 Å². The van der Waals surface area contributed by atoms with E-state index in [0.717, 1.165) is 35.7 Å². The van der Waals surface area contributed by atoms with Gasteiger partial charge < -0.3 is 4.90 Å². The van der Waals surface area contributed by atoms with Gasteiger partial charge in [0.2, 0.25) is 0 Å². The summed E-state index contributed by atoms with van der Waals surface area (Å²) in [5.74, 6) is 0.158. The third kappa shape index (κ3) is 2.33. The number of aromatic nitrogens is 1. The van der Waals surface area contributed by atoms with E-state index < -0.39 is 0 Å². The van der Waals surface area contributed by atoms with Gasteiger partial charge in [-0.05, 0) is 49.8 Å². The molecule has 1 aromatic carbocycles. The Morgan fingerprint density at radius 2 is 2.16 bits per heavy atom. The number of benzene rings is 1. The molecule has 3 nitrogen and oxygen atoms in total. The van der Waals surface area contributed by atoms with E-state index in [2.05, 4.69) is 11.9 Å². The number of pyridine rings is 1. The van der Waals surface area contributed by atoms with Crippen molar-refractivity contribution < 1.29 is 4.79 Å². The lowest BCUT2D eigenvalue weighted by atomic mass is 10.0. The molecule has 2 aromatic rings. The molecule has 1 aliphatic rings. The van der Waals surface area contributed by atoms with E-state index in [0.29, 0.717) is 6.04 Å². The molecule has 0 saturated carbocycles. The first-order chi connectivity index (χ1) is 9.25. The quantitative estimate of drug-likeness (QED) is 0.782. The van der Waals surface area contributed by atoms with Gasteiger partial charge in [-0.3, -0.25) is 9.78 Å². The molecule has 1 amide bonds. The molecule has 1 aromatic heterocycles. The van der Waals surface area contributed by atoms with E-state index in [4.69, 9.17) is 0 Å². The van der Waals surface area contributed by atoms with Crippen molar-refractivity contribution in [2.24, 2.45) is 0 Å². The van der Waals surface area contributed by atoms with Crippen LogP contribution in [0.25, 0.3) is 10.8 Å². The molecule has 0 aliphatic carbocycles. The van der Waals surface area contributed by atoms with Gasteiger partial charge in [0.1, 0.15) is 0 Å². The van der Waals surface area contributed by atoms with Crippen molar-refractivity contribution in [1.82, 2.24) is 9.88 Å². The van der Waals surface area contributed by atoms with Gasteiger partial charge >= 0.3 is 0 Å². The first-order valence-electron chi connectivity index (χ1n) is 6.90. The van der Waals surface area contributed by atoms with Gasteiger partial charge in [-0.25, -0.2) is 0 Å². The number of nitrogens with zero attached hydrogens (tertiary/aromatic N) is 2. The van der Waals surface area contributed by atoms with Gasteiger partial charge in [0, 0.05) is 35.9 Å². The second-order valence-electron chi connectivity index (χ2n) is 5.28. The third-order valence-electron chi connectivity index (χ3n) is 3.95. The average Bonchev–Trinajstić information content (AvgIpc) is 2.46. The number of fused-ring (bicyclic) bond motifs is 1. The van der Waals surface area contributed by atoms with Crippen molar-refractivity contribution in [2.45, 2.75) is 32.2 Å². The Kier molecular flexibility index (Phi) is 3.20. The van der Waals surface area contributed by atoms with E-state index in [1.54, 1.807) is 6.20 Å². The topological polar surface area (TPSA) is 33.2 Å². The SMILES string of the molecule is CC1CCCCN1C(=O)c1ccc2cnccc2c1. The first kappa shape index (κ1) is 12.2. The third-order valence-corrected chi connectivity index (χ3v) is 3.95. The molecule has 0 N–H and O–H groups in total. The maximum atomic E-state index is 12.6. The van der Waals surface area contributed by atoms with Gasteiger partial charge in [-0.1, -0.05) is 6.07 Å². The van der Waals surface area contributed by atoms with E-state index in [1.807, 2.05) is 35.4 Å². The molecular weight excluding hydrogens is 236 g/mol. The standard InChI is InChI=1S/C16H18N2O/c1-12-4-2-3-9-18(12)16(19)14-5-6-15-11-17-8-7-13(15)10-14/h5-8,10-12H,2-4,9H2,1H3. The second kappa shape index (κ2) is 5.00. The molecular formula is C16H18N2O. The molecule has 1 fully saturated rings. The van der Waals surface area contributed by atoms with E-state index in [9.17, 15) is 4.79 Å². The fraction of sp³-hybridized carbons (Fsp3) is 0.375. The molecule has 0 bridgehead atoms. The van der Waals surface area contributed by atoms with E-state index >= 15 is 0 Å². The van der Waals surface area contributed by atoms with Crippen LogP contribution < -0.4 is 0 Å². The minimum absolute atomic E-state index is 0.158. The van der Waals surface area contributed by atoms with Crippen molar-refractivity contribution in [2.75, 3.05) is 6.54 Å². The summed E-state index contributed by atoms with van der Waals surface area (Å²) in [5, 5.41) is 2.15. The fourth-order valence-electron chi connectivity index (χ4n) is 2.78. The van der Waals surface area contributed by atoms with Crippen molar-refractivity contribution in [3.05, 3.63) is 42.2 Å². The van der Waals surface area contributed by atoms with E-state index in [-0.39, 0.29) is 5.91 Å². The Morgan fingerprint density at radius 1 is 1.26 bits per heavy atom. The van der Waals surface area contributed by atoms with Crippen molar-refractivity contribution in [3.8, 4) is 0 Å². The number of hydrogen-bond acceptors (Lipinski definition) is 2. The Morgan fingerprint density at radius 3 is 3.00 bits per heavy atom. The van der Waals surface area contributed by atoms with Crippen molar-refractivity contribution >= 4 is 16.7 Å². The second-order valence-corrected chi connectivity index (χ2v) is 5.28. The van der Waals surface area contributed by atoms with Crippen LogP contribution in [-0.2, 0) is 0 Å². The molecule has 1 aliphatic heterocycles. The van der Waals surface area contributed by atoms with Gasteiger partial charge in [0.15, 0.2) is 0 Å². The molecule has 3 rings (SSSR count). The number of likely N-dealkylation sites (tertiary alicyclic amines) is 1. The number of hydrogen-bond donors (Lipinski definition) is 0. The summed E-state index contributed by atoms with van der Waals surface area (Å²) in [6.45, 7) is 3.02. The highest BCUT2D eigenvalue weighted by Gasteiger charge is 2.24. The first-order valence-corrected chi connectivity index (χ1v) is 6.90. The summed E-state index contributed by atoms with van der Waals surface area (Å²) in [5.41, 5.74) is 0.785. The summed E-state index contributed by atoms with van der Waals surface area (Å²) in [6.07, 6.45) is 7.05. The van der Waals surface area contributed by atoms with Crippen LogP contribution in [-0.4, -0.2) is 28.4 Å². The number of amides is 1. The van der Waals surface area contributed by atoms with Crippen LogP contribution in [0.5, 0.6) is 0 Å². The fourth-order valence-corrected chi connectivity index (χ4v) is 2.78. The van der Waals surface area contributed by atoms with E-state index in [1.165, 1.54) is 6.42 Å². The number of carbonyl (C=O) groups excluding carboxylic acids is 1. The summed E-state index contributed by atoms with van der Waals surface area (Å²) < 4.78 is 0. The minimum Gasteiger partial charge on any atom is -0.336 e. The minimum atomic E-state index is 0.158. The predicted octanol–water partition coefficient (Wildman–Crippen LogP) is 3.25. The van der Waals surface area contributed by atoms with Gasteiger partial charge in [0.25, 0.3) is 5.91 Å². The highest BCUT2D eigenvalue weighted by Crippen LogP contribution is 2.21. The van der Waals surface area contributed by atoms with Gasteiger partial charge in [-0.15, -0.1) is 0 Å². The van der Waals surface area contributed by atoms with Crippen LogP contribution in [0.15, 0.2) is 36.7 Å².